The average molecular weight is 1880 g/mol. The molecule has 0 unspecified atom stereocenters. The Morgan fingerprint density at radius 2 is 0.586 bits per heavy atom. The second-order valence-electron chi connectivity index (χ2n) is 40.9. The molecule has 5 N–H and O–H groups in total. The number of hydrogen-bond acceptors (Lipinski definition) is 21. The van der Waals surface area contributed by atoms with E-state index in [2.05, 4.69) is 209 Å². The number of allylic oxidation sites excluding steroid dienone is 4. The number of amidine groups is 2. The number of aromatic nitrogens is 17. The van der Waals surface area contributed by atoms with Gasteiger partial charge in [-0.2, -0.15) is 0 Å². The summed E-state index contributed by atoms with van der Waals surface area (Å²) >= 11 is 0. The van der Waals surface area contributed by atoms with Crippen LogP contribution in [0.1, 0.15) is 331 Å². The number of rotatable bonds is 14. The van der Waals surface area contributed by atoms with Crippen LogP contribution in [0, 0.1) is 69.1 Å². The molecule has 5 fully saturated rings. The van der Waals surface area contributed by atoms with Crippen molar-refractivity contribution in [2.45, 2.75) is 286 Å². The largest absolute Gasteiger partial charge is 0.370 e. The Morgan fingerprint density at radius 1 is 0.271 bits per heavy atom. The van der Waals surface area contributed by atoms with Gasteiger partial charge in [-0.15, -0.1) is 0 Å². The summed E-state index contributed by atoms with van der Waals surface area (Å²) in [4.78, 5) is 115. The van der Waals surface area contributed by atoms with E-state index in [1.165, 1.54) is 173 Å². The molecule has 0 bridgehead atoms. The van der Waals surface area contributed by atoms with Crippen molar-refractivity contribution in [1.82, 2.24) is 95.4 Å². The van der Waals surface area contributed by atoms with Gasteiger partial charge in [0.15, 0.2) is 29.1 Å². The first kappa shape index (κ1) is 102. The Hall–Kier alpha value is -12.7. The van der Waals surface area contributed by atoms with Crippen LogP contribution in [0.4, 0.5) is 0 Å². The number of H-pyrrole nitrogens is 3. The normalized spacial score (nSPS) is 22.7. The van der Waals surface area contributed by atoms with E-state index in [0.29, 0.717) is 46.8 Å². The predicted molar refractivity (Wildman–Crippen MR) is 564 cm³/mol. The molecular weight excluding hydrogens is 1740 g/mol. The van der Waals surface area contributed by atoms with E-state index in [-0.39, 0.29) is 16.7 Å². The number of nitrogens with zero attached hydrogens (tertiary/aromatic N) is 16. The van der Waals surface area contributed by atoms with Crippen LogP contribution in [0.25, 0.3) is 68.1 Å². The van der Waals surface area contributed by atoms with Crippen molar-refractivity contribution in [2.75, 3.05) is 26.2 Å². The Labute approximate surface area is 827 Å². The lowest BCUT2D eigenvalue weighted by Gasteiger charge is -2.27. The highest BCUT2D eigenvalue weighted by molar-refractivity contribution is 6.00. The lowest BCUT2D eigenvalue weighted by Crippen LogP contribution is -2.31. The van der Waals surface area contributed by atoms with Gasteiger partial charge in [0.25, 0.3) is 16.7 Å². The highest BCUT2D eigenvalue weighted by atomic mass is 16.1. The van der Waals surface area contributed by atoms with Gasteiger partial charge in [0.1, 0.15) is 11.7 Å². The van der Waals surface area contributed by atoms with Crippen molar-refractivity contribution >= 4 is 22.8 Å². The van der Waals surface area contributed by atoms with Gasteiger partial charge in [0.05, 0.1) is 5.56 Å². The van der Waals surface area contributed by atoms with Crippen LogP contribution < -0.4 is 27.3 Å². The molecule has 24 heteroatoms. The average Bonchev–Trinajstić information content (AvgIpc) is 1.04. The number of aromatic amines is 3. The Kier molecular flexibility index (Phi) is 37.0. The molecule has 732 valence electrons. The summed E-state index contributed by atoms with van der Waals surface area (Å²) in [6.45, 7) is 28.2. The third kappa shape index (κ3) is 28.6. The zero-order valence-corrected chi connectivity index (χ0v) is 84.3. The number of hydrogen-bond donors (Lipinski definition) is 5. The summed E-state index contributed by atoms with van der Waals surface area (Å²) in [6, 6.07) is 24.0. The van der Waals surface area contributed by atoms with Crippen LogP contribution >= 0.6 is 0 Å². The van der Waals surface area contributed by atoms with Crippen LogP contribution in [-0.4, -0.2) is 123 Å². The van der Waals surface area contributed by atoms with Crippen LogP contribution in [0.3, 0.4) is 0 Å². The van der Waals surface area contributed by atoms with Gasteiger partial charge < -0.3 is 25.6 Å². The van der Waals surface area contributed by atoms with Crippen molar-refractivity contribution in [3.05, 3.63) is 294 Å². The molecule has 14 heterocycles. The smallest absolute Gasteiger partial charge is 0.259 e. The molecule has 0 amide bonds. The second-order valence-corrected chi connectivity index (χ2v) is 40.9. The fourth-order valence-electron chi connectivity index (χ4n) is 20.7. The molecule has 0 radical (unpaired) electrons. The number of aryl methyl sites for hydroxylation is 4. The maximum absolute atomic E-state index is 12.1. The topological polar surface area (TPSA) is 328 Å². The SMILES string of the molecule is CC1CCC(c2c[nH]c(=O)c(-c3ncccn3)c2)CC1.CC1CCC(c2cc(-c3ncccn3)c[nH]c2=O)CC1.CC1CCC(c2cc(C3=NCCCN3)c[nH]c2=O)CC1.Cc1ncc(C2=CC[C@@H](C)CC2)cc1-c1ncccn1.Cc1ncc(C2=CC[C@H](C)CC2)cc1-c1ncccn1.Cc1ncc(C2CCC(C)CC2)cc1-c1ncccn1.Cc1ncc(C2CCC(C)CC2)cc1C1=NCCCN1. The molecule has 24 nitrogen and oxygen atoms in total. The highest BCUT2D eigenvalue weighted by Gasteiger charge is 2.29. The Bertz CT molecular complexity index is 6170. The fraction of sp³-hybridized carbons (Fsp3) is 0.474. The summed E-state index contributed by atoms with van der Waals surface area (Å²) in [6.07, 6.45) is 69.7. The molecule has 9 aliphatic rings. The zero-order valence-electron chi connectivity index (χ0n) is 84.3. The summed E-state index contributed by atoms with van der Waals surface area (Å²) in [5, 5.41) is 6.74. The molecule has 12 aromatic rings. The number of nitrogens with one attached hydrogen (secondary N) is 5. The molecule has 21 rings (SSSR count). The molecule has 0 aromatic carbocycles. The molecule has 5 saturated carbocycles. The fourth-order valence-corrected chi connectivity index (χ4v) is 20.7. The Morgan fingerprint density at radius 3 is 0.964 bits per heavy atom. The minimum atomic E-state index is -0.121. The van der Waals surface area contributed by atoms with Crippen molar-refractivity contribution in [2.24, 2.45) is 51.4 Å². The van der Waals surface area contributed by atoms with Crippen LogP contribution in [0.2, 0.25) is 0 Å². The number of pyridine rings is 7. The molecular formula is C116H145N21O3. The first-order chi connectivity index (χ1) is 68.2. The van der Waals surface area contributed by atoms with E-state index in [4.69, 9.17) is 0 Å². The minimum absolute atomic E-state index is 0.0317. The third-order valence-corrected chi connectivity index (χ3v) is 30.0. The third-order valence-electron chi connectivity index (χ3n) is 30.0. The van der Waals surface area contributed by atoms with Gasteiger partial charge in [0.2, 0.25) is 0 Å². The molecule has 2 aliphatic heterocycles. The summed E-state index contributed by atoms with van der Waals surface area (Å²) in [7, 11) is 0. The first-order valence-electron chi connectivity index (χ1n) is 52.0. The maximum atomic E-state index is 12.1. The minimum Gasteiger partial charge on any atom is -0.370 e. The maximum Gasteiger partial charge on any atom is 0.259 e. The second kappa shape index (κ2) is 50.9. The van der Waals surface area contributed by atoms with Crippen LogP contribution in [-0.2, 0) is 0 Å². The number of aliphatic imine (C=N–C) groups is 2. The first-order valence-corrected chi connectivity index (χ1v) is 52.0. The van der Waals surface area contributed by atoms with Crippen LogP contribution in [0.5, 0.6) is 0 Å². The van der Waals surface area contributed by atoms with Gasteiger partial charge >= 0.3 is 0 Å². The van der Waals surface area contributed by atoms with E-state index in [0.717, 1.165) is 210 Å². The standard InChI is InChI=1S/C17H25N3.C17H21N3.2C17H19N3.C16H23N3O.2C16H19N3O/c4*1-12-4-6-14(7-5-12)15-10-16(13(2)20-11-15)17-18-8-3-9-19-17;2*1-11-3-5-12(6-4-11)14-9-13(10-19-16(14)20)15-17-7-2-8-18-15;1-11-3-5-12(6-4-11)13-9-14(16(20)19-10-13)15-17-7-2-8-18-15/h10-12,14H,3-9H2,1-2H3,(H,18,19);3,8-12,14H,4-7H2,1-2H3;2*3,6,8-12H,4-5,7H2,1-2H3;9-12H,2-8H2,1H3,(H,17,18)(H,19,20);2*2,7-12H,3-6H2,1H3,(H,19,20)/t;;2*12-;;;/m..10.../s1. The van der Waals surface area contributed by atoms with Crippen molar-refractivity contribution in [3.63, 3.8) is 0 Å². The van der Waals surface area contributed by atoms with E-state index >= 15 is 0 Å². The van der Waals surface area contributed by atoms with E-state index in [1.54, 1.807) is 86.5 Å². The van der Waals surface area contributed by atoms with Crippen LogP contribution in [0.15, 0.2) is 215 Å². The predicted octanol–water partition coefficient (Wildman–Crippen LogP) is 24.3. The molecule has 7 aliphatic carbocycles. The summed E-state index contributed by atoms with van der Waals surface area (Å²) < 4.78 is 0. The van der Waals surface area contributed by atoms with Crippen molar-refractivity contribution in [3.8, 4) is 56.9 Å². The molecule has 12 aromatic heterocycles. The monoisotopic (exact) mass is 1880 g/mol. The van der Waals surface area contributed by atoms with Crippen molar-refractivity contribution < 1.29 is 0 Å². The lowest BCUT2D eigenvalue weighted by molar-refractivity contribution is 0.346. The van der Waals surface area contributed by atoms with Gasteiger partial charge in [-0.1, -0.05) is 125 Å². The zero-order chi connectivity index (χ0) is 97.6. The molecule has 0 spiro atoms. The summed E-state index contributed by atoms with van der Waals surface area (Å²) in [5.74, 6) is 13.9. The van der Waals surface area contributed by atoms with Gasteiger partial charge in [-0.3, -0.25) is 44.3 Å². The van der Waals surface area contributed by atoms with Gasteiger partial charge in [-0.25, -0.2) is 49.8 Å². The lowest BCUT2D eigenvalue weighted by atomic mass is 9.79. The Balaban J connectivity index is 0.000000124. The molecule has 2 atom stereocenters. The van der Waals surface area contributed by atoms with Gasteiger partial charge in [-0.05, 0) is 326 Å². The van der Waals surface area contributed by atoms with E-state index < -0.39 is 0 Å². The van der Waals surface area contributed by atoms with Gasteiger partial charge in [0, 0.05) is 199 Å². The highest BCUT2D eigenvalue weighted by Crippen LogP contribution is 2.42. The van der Waals surface area contributed by atoms with E-state index in [1.807, 2.05) is 75.9 Å². The quantitative estimate of drug-likeness (QED) is 0.0675. The van der Waals surface area contributed by atoms with Crippen molar-refractivity contribution in [1.29, 1.82) is 0 Å². The molecule has 0 saturated heterocycles. The molecule has 140 heavy (non-hydrogen) atoms. The summed E-state index contributed by atoms with van der Waals surface area (Å²) in [5.41, 5.74) is 21.9. The van der Waals surface area contributed by atoms with E-state index in [9.17, 15) is 14.4 Å².